The van der Waals surface area contributed by atoms with Crippen LogP contribution in [-0.4, -0.2) is 11.1 Å². The van der Waals surface area contributed by atoms with Crippen LogP contribution < -0.4 is 0 Å². The third-order valence-corrected chi connectivity index (χ3v) is 3.01. The smallest absolute Gasteiger partial charge is 0.328 e. The standard InChI is InChI=1S/C14H12O3/c15-14(16)8-11(9-5-6-9)13-7-10-3-1-2-4-12(10)17-13/h1-4,7-9H,5-6H2,(H,15,16)/b11-8+. The molecule has 0 unspecified atom stereocenters. The number of fused-ring (bicyclic) bond motifs is 1. The molecule has 3 heteroatoms. The minimum atomic E-state index is -0.910. The van der Waals surface area contributed by atoms with Crippen LogP contribution in [0.1, 0.15) is 18.6 Å². The Morgan fingerprint density at radius 1 is 1.35 bits per heavy atom. The van der Waals surface area contributed by atoms with Crippen molar-refractivity contribution in [1.82, 2.24) is 0 Å². The summed E-state index contributed by atoms with van der Waals surface area (Å²) >= 11 is 0. The van der Waals surface area contributed by atoms with Gasteiger partial charge in [0, 0.05) is 17.0 Å². The maximum Gasteiger partial charge on any atom is 0.328 e. The zero-order valence-corrected chi connectivity index (χ0v) is 9.22. The molecule has 1 saturated carbocycles. The van der Waals surface area contributed by atoms with Crippen molar-refractivity contribution in [2.45, 2.75) is 12.8 Å². The Bertz CT molecular complexity index is 570. The van der Waals surface area contributed by atoms with E-state index in [1.807, 2.05) is 30.3 Å². The van der Waals surface area contributed by atoms with E-state index in [9.17, 15) is 4.79 Å². The first-order valence-corrected chi connectivity index (χ1v) is 5.67. The Balaban J connectivity index is 2.09. The second kappa shape index (κ2) is 3.77. The maximum atomic E-state index is 10.8. The fourth-order valence-corrected chi connectivity index (χ4v) is 2.04. The Hall–Kier alpha value is -2.03. The fraction of sp³-hybridized carbons (Fsp3) is 0.214. The normalized spacial score (nSPS) is 16.4. The minimum absolute atomic E-state index is 0.353. The molecule has 1 aromatic heterocycles. The first kappa shape index (κ1) is 10.1. The summed E-state index contributed by atoms with van der Waals surface area (Å²) in [5.74, 6) is 0.134. The van der Waals surface area contributed by atoms with E-state index in [-0.39, 0.29) is 0 Å². The van der Waals surface area contributed by atoms with Crippen molar-refractivity contribution in [3.63, 3.8) is 0 Å². The average Bonchev–Trinajstić information content (AvgIpc) is 3.04. The van der Waals surface area contributed by atoms with Crippen molar-refractivity contribution in [2.24, 2.45) is 5.92 Å². The molecule has 86 valence electrons. The van der Waals surface area contributed by atoms with E-state index in [4.69, 9.17) is 9.52 Å². The van der Waals surface area contributed by atoms with Crippen molar-refractivity contribution in [2.75, 3.05) is 0 Å². The van der Waals surface area contributed by atoms with Gasteiger partial charge in [0.15, 0.2) is 0 Å². The molecule has 3 nitrogen and oxygen atoms in total. The zero-order valence-electron chi connectivity index (χ0n) is 9.22. The molecule has 0 radical (unpaired) electrons. The van der Waals surface area contributed by atoms with Gasteiger partial charge in [0.05, 0.1) is 0 Å². The quantitative estimate of drug-likeness (QED) is 0.820. The lowest BCUT2D eigenvalue weighted by Gasteiger charge is -1.99. The number of hydrogen-bond donors (Lipinski definition) is 1. The predicted molar refractivity (Wildman–Crippen MR) is 64.6 cm³/mol. The fourth-order valence-electron chi connectivity index (χ4n) is 2.04. The Labute approximate surface area is 98.4 Å². The highest BCUT2D eigenvalue weighted by molar-refractivity contribution is 5.92. The monoisotopic (exact) mass is 228 g/mol. The topological polar surface area (TPSA) is 50.4 Å². The molecule has 0 saturated heterocycles. The zero-order chi connectivity index (χ0) is 11.8. The lowest BCUT2D eigenvalue weighted by molar-refractivity contribution is -0.131. The molecule has 1 aromatic carbocycles. The Kier molecular flexibility index (Phi) is 2.25. The van der Waals surface area contributed by atoms with Gasteiger partial charge in [-0.15, -0.1) is 0 Å². The van der Waals surface area contributed by atoms with Crippen LogP contribution in [0, 0.1) is 5.92 Å². The lowest BCUT2D eigenvalue weighted by atomic mass is 10.1. The molecule has 17 heavy (non-hydrogen) atoms. The van der Waals surface area contributed by atoms with Crippen LogP contribution in [0.15, 0.2) is 40.8 Å². The minimum Gasteiger partial charge on any atom is -0.478 e. The van der Waals surface area contributed by atoms with E-state index in [0.29, 0.717) is 11.7 Å². The molecule has 2 aromatic rings. The summed E-state index contributed by atoms with van der Waals surface area (Å²) in [6.45, 7) is 0. The molecule has 1 aliphatic rings. The van der Waals surface area contributed by atoms with Crippen LogP contribution in [-0.2, 0) is 4.79 Å². The molecule has 0 aliphatic heterocycles. The van der Waals surface area contributed by atoms with Crippen LogP contribution in [0.5, 0.6) is 0 Å². The average molecular weight is 228 g/mol. The molecule has 0 spiro atoms. The third kappa shape index (κ3) is 1.96. The maximum absolute atomic E-state index is 10.8. The summed E-state index contributed by atoms with van der Waals surface area (Å²) in [7, 11) is 0. The molecule has 3 rings (SSSR count). The van der Waals surface area contributed by atoms with Crippen LogP contribution >= 0.6 is 0 Å². The van der Waals surface area contributed by atoms with E-state index in [2.05, 4.69) is 0 Å². The number of benzene rings is 1. The molecular weight excluding hydrogens is 216 g/mol. The number of carboxylic acid groups (broad SMARTS) is 1. The highest BCUT2D eigenvalue weighted by Crippen LogP contribution is 2.43. The molecule has 1 aliphatic carbocycles. The number of rotatable bonds is 3. The van der Waals surface area contributed by atoms with Gasteiger partial charge in [0.1, 0.15) is 11.3 Å². The number of carbonyl (C=O) groups is 1. The summed E-state index contributed by atoms with van der Waals surface area (Å²) in [5.41, 5.74) is 1.62. The largest absolute Gasteiger partial charge is 0.478 e. The first-order chi connectivity index (χ1) is 8.24. The van der Waals surface area contributed by atoms with Crippen LogP contribution in [0.3, 0.4) is 0 Å². The van der Waals surface area contributed by atoms with E-state index in [0.717, 1.165) is 29.4 Å². The van der Waals surface area contributed by atoms with Crippen molar-refractivity contribution >= 4 is 22.5 Å². The molecule has 0 atom stereocenters. The molecule has 0 bridgehead atoms. The first-order valence-electron chi connectivity index (χ1n) is 5.67. The van der Waals surface area contributed by atoms with Crippen molar-refractivity contribution in [3.8, 4) is 0 Å². The van der Waals surface area contributed by atoms with Gasteiger partial charge >= 0.3 is 5.97 Å². The number of aliphatic carboxylic acids is 1. The summed E-state index contributed by atoms with van der Waals surface area (Å²) in [4.78, 5) is 10.8. The SMILES string of the molecule is O=C(O)/C=C(/c1cc2ccccc2o1)C1CC1. The van der Waals surface area contributed by atoms with Crippen LogP contribution in [0.4, 0.5) is 0 Å². The summed E-state index contributed by atoms with van der Waals surface area (Å²) in [6.07, 6.45) is 3.38. The van der Waals surface area contributed by atoms with Gasteiger partial charge in [-0.2, -0.15) is 0 Å². The van der Waals surface area contributed by atoms with E-state index in [1.165, 1.54) is 6.08 Å². The molecule has 1 fully saturated rings. The highest BCUT2D eigenvalue weighted by Gasteiger charge is 2.29. The second-order valence-corrected chi connectivity index (χ2v) is 4.36. The lowest BCUT2D eigenvalue weighted by Crippen LogP contribution is -1.93. The number of carboxylic acids is 1. The number of hydrogen-bond acceptors (Lipinski definition) is 2. The Morgan fingerprint density at radius 2 is 2.12 bits per heavy atom. The van der Waals surface area contributed by atoms with E-state index >= 15 is 0 Å². The van der Waals surface area contributed by atoms with Crippen LogP contribution in [0.2, 0.25) is 0 Å². The van der Waals surface area contributed by atoms with Crippen molar-refractivity contribution in [1.29, 1.82) is 0 Å². The van der Waals surface area contributed by atoms with Crippen LogP contribution in [0.25, 0.3) is 16.5 Å². The van der Waals surface area contributed by atoms with Gasteiger partial charge in [-0.1, -0.05) is 18.2 Å². The van der Waals surface area contributed by atoms with Gasteiger partial charge in [-0.05, 0) is 30.9 Å². The van der Waals surface area contributed by atoms with E-state index in [1.54, 1.807) is 0 Å². The number of furan rings is 1. The van der Waals surface area contributed by atoms with E-state index < -0.39 is 5.97 Å². The number of para-hydroxylation sites is 1. The Morgan fingerprint density at radius 3 is 2.76 bits per heavy atom. The molecule has 1 heterocycles. The predicted octanol–water partition coefficient (Wildman–Crippen LogP) is 3.31. The molecule has 1 N–H and O–H groups in total. The summed E-state index contributed by atoms with van der Waals surface area (Å²) < 4.78 is 5.70. The molecular formula is C14H12O3. The summed E-state index contributed by atoms with van der Waals surface area (Å²) in [6, 6.07) is 9.63. The van der Waals surface area contributed by atoms with Crippen molar-refractivity contribution < 1.29 is 14.3 Å². The highest BCUT2D eigenvalue weighted by atomic mass is 16.4. The summed E-state index contributed by atoms with van der Waals surface area (Å²) in [5, 5.41) is 9.89. The third-order valence-electron chi connectivity index (χ3n) is 3.01. The van der Waals surface area contributed by atoms with Gasteiger partial charge < -0.3 is 9.52 Å². The molecule has 0 amide bonds. The van der Waals surface area contributed by atoms with Gasteiger partial charge in [-0.25, -0.2) is 4.79 Å². The van der Waals surface area contributed by atoms with Crippen molar-refractivity contribution in [3.05, 3.63) is 42.2 Å². The number of allylic oxidation sites excluding steroid dienone is 1. The van der Waals surface area contributed by atoms with Gasteiger partial charge in [0.2, 0.25) is 0 Å². The van der Waals surface area contributed by atoms with Gasteiger partial charge in [-0.3, -0.25) is 0 Å². The van der Waals surface area contributed by atoms with Gasteiger partial charge in [0.25, 0.3) is 0 Å². The second-order valence-electron chi connectivity index (χ2n) is 4.36.